The molecule has 0 aliphatic carbocycles. The van der Waals surface area contributed by atoms with E-state index in [0.717, 1.165) is 25.6 Å². The Bertz CT molecular complexity index is 809. The first kappa shape index (κ1) is 21.1. The summed E-state index contributed by atoms with van der Waals surface area (Å²) in [6.07, 6.45) is 0. The molecule has 3 nitrogen and oxygen atoms in total. The summed E-state index contributed by atoms with van der Waals surface area (Å²) in [5.74, 6) is 0.0376. The van der Waals surface area contributed by atoms with Crippen molar-refractivity contribution in [2.45, 2.75) is 27.8 Å². The monoisotopic (exact) mass is 486 g/mol. The first-order valence-electron chi connectivity index (χ1n) is 8.79. The standard InChI is InChI=1S/C10H12BrNO.C10H14BrN.CH4/c1-7-6-8(4-5-9(7)11)10(13)12(2)3;1-8-6-9(7-12(2)3)4-5-10(8)11;/h4-6H,1-3H3;4-6H,7H2,1-3H3;1H4/i;7D2;. The smallest absolute Gasteiger partial charge is 0.253 e. The zero-order chi connectivity index (χ0) is 20.9. The fraction of sp³-hybridized carbons (Fsp3) is 0.381. The highest BCUT2D eigenvalue weighted by Gasteiger charge is 2.08. The van der Waals surface area contributed by atoms with E-state index in [9.17, 15) is 4.79 Å². The molecule has 144 valence electrons. The lowest BCUT2D eigenvalue weighted by molar-refractivity contribution is 0.0827. The largest absolute Gasteiger partial charge is 0.345 e. The second kappa shape index (κ2) is 11.5. The Morgan fingerprint density at radius 1 is 0.962 bits per heavy atom. The topological polar surface area (TPSA) is 23.6 Å². The van der Waals surface area contributed by atoms with Gasteiger partial charge in [-0.25, -0.2) is 0 Å². The Morgan fingerprint density at radius 2 is 1.46 bits per heavy atom. The normalized spacial score (nSPS) is 11.6. The van der Waals surface area contributed by atoms with Gasteiger partial charge in [0.15, 0.2) is 0 Å². The molecule has 0 saturated heterocycles. The minimum Gasteiger partial charge on any atom is -0.345 e. The number of nitrogens with zero attached hydrogens (tertiary/aromatic N) is 2. The van der Waals surface area contributed by atoms with Crippen LogP contribution in [0.15, 0.2) is 45.3 Å². The molecule has 0 aromatic heterocycles. The third-order valence-corrected chi connectivity index (χ3v) is 5.10. The molecule has 0 spiro atoms. The number of amides is 1. The van der Waals surface area contributed by atoms with Crippen molar-refractivity contribution in [2.24, 2.45) is 0 Å². The molecule has 1 amide bonds. The van der Waals surface area contributed by atoms with E-state index in [-0.39, 0.29) is 13.3 Å². The summed E-state index contributed by atoms with van der Waals surface area (Å²) in [5, 5.41) is 0. The van der Waals surface area contributed by atoms with Crippen molar-refractivity contribution in [3.8, 4) is 0 Å². The van der Waals surface area contributed by atoms with Gasteiger partial charge in [-0.2, -0.15) is 0 Å². The number of benzene rings is 2. The van der Waals surface area contributed by atoms with Crippen LogP contribution >= 0.6 is 31.9 Å². The third kappa shape index (κ3) is 8.02. The maximum atomic E-state index is 11.5. The van der Waals surface area contributed by atoms with Crippen LogP contribution in [0, 0.1) is 13.8 Å². The van der Waals surface area contributed by atoms with Gasteiger partial charge in [0.25, 0.3) is 5.91 Å². The molecular formula is C21H30Br2N2O. The third-order valence-electron chi connectivity index (χ3n) is 3.32. The molecule has 2 aromatic carbocycles. The molecule has 0 radical (unpaired) electrons. The molecule has 2 rings (SSSR count). The van der Waals surface area contributed by atoms with Gasteiger partial charge in [0.2, 0.25) is 0 Å². The number of aryl methyl sites for hydroxylation is 2. The van der Waals surface area contributed by atoms with Gasteiger partial charge < -0.3 is 9.80 Å². The van der Waals surface area contributed by atoms with Crippen LogP contribution in [0.3, 0.4) is 0 Å². The fourth-order valence-corrected chi connectivity index (χ4v) is 2.50. The van der Waals surface area contributed by atoms with Crippen LogP contribution in [0.4, 0.5) is 0 Å². The van der Waals surface area contributed by atoms with Crippen LogP contribution in [0.1, 0.15) is 37.2 Å². The highest BCUT2D eigenvalue weighted by molar-refractivity contribution is 9.10. The average Bonchev–Trinajstić information content (AvgIpc) is 2.59. The SMILES string of the molecule is C.Cc1cc(C(=O)N(C)C)ccc1Br.[2H]C([2H])(c1ccc(Br)c(C)c1)N(C)C. The van der Waals surface area contributed by atoms with E-state index >= 15 is 0 Å². The minimum absolute atomic E-state index is 0. The number of rotatable bonds is 3. The molecule has 0 unspecified atom stereocenters. The van der Waals surface area contributed by atoms with Crippen LogP contribution in [0.25, 0.3) is 0 Å². The van der Waals surface area contributed by atoms with Crippen molar-refractivity contribution < 1.29 is 7.54 Å². The van der Waals surface area contributed by atoms with Crippen molar-refractivity contribution in [3.05, 3.63) is 67.6 Å². The zero-order valence-electron chi connectivity index (χ0n) is 17.5. The highest BCUT2D eigenvalue weighted by atomic mass is 79.9. The lowest BCUT2D eigenvalue weighted by Crippen LogP contribution is -2.21. The molecule has 0 saturated carbocycles. The van der Waals surface area contributed by atoms with Crippen LogP contribution in [0.5, 0.6) is 0 Å². The maximum Gasteiger partial charge on any atom is 0.253 e. The van der Waals surface area contributed by atoms with Crippen molar-refractivity contribution in [3.63, 3.8) is 0 Å². The average molecular weight is 488 g/mol. The Morgan fingerprint density at radius 3 is 1.88 bits per heavy atom. The highest BCUT2D eigenvalue weighted by Crippen LogP contribution is 2.18. The van der Waals surface area contributed by atoms with Gasteiger partial charge in [0, 0.05) is 37.8 Å². The van der Waals surface area contributed by atoms with Gasteiger partial charge in [-0.3, -0.25) is 4.79 Å². The molecule has 0 bridgehead atoms. The van der Waals surface area contributed by atoms with Gasteiger partial charge >= 0.3 is 0 Å². The molecule has 0 N–H and O–H groups in total. The first-order chi connectivity index (χ1) is 12.4. The van der Waals surface area contributed by atoms with E-state index in [1.165, 1.54) is 0 Å². The summed E-state index contributed by atoms with van der Waals surface area (Å²) in [5.41, 5.74) is 3.54. The summed E-state index contributed by atoms with van der Waals surface area (Å²) in [6.45, 7) is 2.52. The second-order valence-corrected chi connectivity index (χ2v) is 7.84. The number of carbonyl (C=O) groups is 1. The van der Waals surface area contributed by atoms with Gasteiger partial charge in [0.1, 0.15) is 0 Å². The molecule has 5 heteroatoms. The Hall–Kier alpha value is -1.17. The van der Waals surface area contributed by atoms with E-state index in [1.807, 2.05) is 44.2 Å². The van der Waals surface area contributed by atoms with Crippen molar-refractivity contribution in [1.82, 2.24) is 9.80 Å². The summed E-state index contributed by atoms with van der Waals surface area (Å²) in [7, 11) is 6.97. The lowest BCUT2D eigenvalue weighted by atomic mass is 10.1. The van der Waals surface area contributed by atoms with E-state index in [0.29, 0.717) is 5.56 Å². The van der Waals surface area contributed by atoms with Crippen molar-refractivity contribution >= 4 is 37.8 Å². The van der Waals surface area contributed by atoms with E-state index in [1.54, 1.807) is 44.1 Å². The number of hydrogen-bond donors (Lipinski definition) is 0. The molecule has 0 atom stereocenters. The van der Waals surface area contributed by atoms with Crippen LogP contribution in [-0.2, 0) is 6.50 Å². The molecular weight excluding hydrogens is 456 g/mol. The lowest BCUT2D eigenvalue weighted by Gasteiger charge is -2.10. The van der Waals surface area contributed by atoms with Crippen molar-refractivity contribution in [2.75, 3.05) is 28.2 Å². The van der Waals surface area contributed by atoms with Gasteiger partial charge in [-0.15, -0.1) is 0 Å². The summed E-state index contributed by atoms with van der Waals surface area (Å²) >= 11 is 6.79. The Labute approximate surface area is 178 Å². The van der Waals surface area contributed by atoms with Crippen LogP contribution < -0.4 is 0 Å². The summed E-state index contributed by atoms with van der Waals surface area (Å²) in [4.78, 5) is 14.7. The van der Waals surface area contributed by atoms with Crippen LogP contribution in [-0.4, -0.2) is 43.9 Å². The van der Waals surface area contributed by atoms with E-state index in [4.69, 9.17) is 2.74 Å². The van der Waals surface area contributed by atoms with Gasteiger partial charge in [-0.1, -0.05) is 51.4 Å². The quantitative estimate of drug-likeness (QED) is 0.536. The molecule has 0 heterocycles. The van der Waals surface area contributed by atoms with Crippen molar-refractivity contribution in [1.29, 1.82) is 0 Å². The van der Waals surface area contributed by atoms with Gasteiger partial charge in [-0.05, 0) is 68.9 Å². The van der Waals surface area contributed by atoms with E-state index < -0.39 is 6.50 Å². The molecule has 0 aliphatic rings. The van der Waals surface area contributed by atoms with Crippen LogP contribution in [0.2, 0.25) is 0 Å². The molecule has 26 heavy (non-hydrogen) atoms. The number of halogens is 2. The first-order valence-corrected chi connectivity index (χ1v) is 9.38. The molecule has 2 aromatic rings. The minimum atomic E-state index is -1.41. The maximum absolute atomic E-state index is 11.5. The number of hydrogen-bond acceptors (Lipinski definition) is 2. The fourth-order valence-electron chi connectivity index (χ4n) is 2.01. The Kier molecular flexibility index (Phi) is 9.37. The predicted octanol–water partition coefficient (Wildman–Crippen LogP) is 5.91. The summed E-state index contributed by atoms with van der Waals surface area (Å²) in [6, 6.07) is 11.1. The zero-order valence-corrected chi connectivity index (χ0v) is 18.7. The molecule has 0 fully saturated rings. The predicted molar refractivity (Wildman–Crippen MR) is 120 cm³/mol. The van der Waals surface area contributed by atoms with Gasteiger partial charge in [0.05, 0.1) is 0 Å². The van der Waals surface area contributed by atoms with E-state index in [2.05, 4.69) is 31.9 Å². The number of carbonyl (C=O) groups excluding carboxylic acids is 1. The second-order valence-electron chi connectivity index (χ2n) is 6.13. The molecule has 0 aliphatic heterocycles. The summed E-state index contributed by atoms with van der Waals surface area (Å²) < 4.78 is 17.8. The Balaban J connectivity index is 0.000000504.